The van der Waals surface area contributed by atoms with E-state index in [1.807, 2.05) is 0 Å². The van der Waals surface area contributed by atoms with Crippen molar-refractivity contribution in [3.63, 3.8) is 0 Å². The number of benzene rings is 3. The molecule has 4 nitrogen and oxygen atoms in total. The maximum atomic E-state index is 12.3. The third-order valence-electron chi connectivity index (χ3n) is 13.8. The topological polar surface area (TPSA) is 52.9 Å². The van der Waals surface area contributed by atoms with Gasteiger partial charge in [0, 0.05) is 41.6 Å². The molecule has 49 heavy (non-hydrogen) atoms. The molecule has 0 heterocycles. The van der Waals surface area contributed by atoms with Crippen molar-refractivity contribution in [2.75, 3.05) is 25.2 Å². The van der Waals surface area contributed by atoms with E-state index in [0.29, 0.717) is 24.7 Å². The molecule has 0 atom stereocenters. The van der Waals surface area contributed by atoms with Gasteiger partial charge in [-0.05, 0) is 148 Å². The number of aryl methyl sites for hydroxylation is 1. The molecule has 3 aromatic rings. The van der Waals surface area contributed by atoms with E-state index in [4.69, 9.17) is 4.74 Å². The summed E-state index contributed by atoms with van der Waals surface area (Å²) in [6.45, 7) is 3.34. The Labute approximate surface area is 315 Å². The van der Waals surface area contributed by atoms with E-state index in [0.717, 1.165) is 58.0 Å². The first kappa shape index (κ1) is 36.7. The molecule has 8 bridgehead atoms. The number of nitrogens with zero attached hydrogens (tertiary/aromatic N) is 1. The van der Waals surface area contributed by atoms with Crippen molar-refractivity contribution >= 4 is 11.4 Å². The van der Waals surface area contributed by atoms with Crippen LogP contribution in [0, 0.1) is 57.3 Å². The van der Waals surface area contributed by atoms with E-state index in [1.165, 1.54) is 93.7 Å². The van der Waals surface area contributed by atoms with Crippen molar-refractivity contribution < 1.29 is 41.2 Å². The molecule has 0 aromatic heterocycles. The fourth-order valence-corrected chi connectivity index (χ4v) is 12.9. The molecule has 3 aromatic carbocycles. The van der Waals surface area contributed by atoms with Gasteiger partial charge in [-0.15, -0.1) is 0 Å². The third-order valence-corrected chi connectivity index (χ3v) is 13.8. The second-order valence-corrected chi connectivity index (χ2v) is 16.9. The summed E-state index contributed by atoms with van der Waals surface area (Å²) in [6.07, 6.45) is 15.7. The molecule has 0 aliphatic heterocycles. The third kappa shape index (κ3) is 6.05. The van der Waals surface area contributed by atoms with Gasteiger partial charge in [0.1, 0.15) is 11.5 Å². The van der Waals surface area contributed by atoms with Gasteiger partial charge in [-0.3, -0.25) is 0 Å². The summed E-state index contributed by atoms with van der Waals surface area (Å²) >= 11 is 0. The molecular weight excluding hydrogens is 682 g/mol. The molecule has 5 heteroatoms. The average Bonchev–Trinajstić information content (AvgIpc) is 3.01. The molecule has 260 valence electrons. The molecule has 0 spiro atoms. The monoisotopic (exact) mass is 737 g/mol. The number of para-hydroxylation sites is 2. The van der Waals surface area contributed by atoms with Crippen LogP contribution in [0.1, 0.15) is 93.7 Å². The van der Waals surface area contributed by atoms with Crippen LogP contribution in [0.2, 0.25) is 0 Å². The fourth-order valence-electron chi connectivity index (χ4n) is 12.9. The zero-order valence-corrected chi connectivity index (χ0v) is 32.8. The molecule has 0 amide bonds. The Bertz CT molecular complexity index is 1590. The van der Waals surface area contributed by atoms with Gasteiger partial charge in [-0.2, -0.15) is 0 Å². The van der Waals surface area contributed by atoms with E-state index < -0.39 is 0 Å². The summed E-state index contributed by atoms with van der Waals surface area (Å²) in [5.74, 6) is 5.80. The van der Waals surface area contributed by atoms with Gasteiger partial charge < -0.3 is 34.7 Å². The zero-order valence-electron chi connectivity index (χ0n) is 30.3. The number of rotatable bonds is 8. The minimum Gasteiger partial charge on any atom is -0.507 e. The van der Waals surface area contributed by atoms with Crippen LogP contribution in [0.3, 0.4) is 0 Å². The average molecular weight is 739 g/mol. The Hall–Kier alpha value is -2.10. The standard InChI is InChI=1S/C42H51NO3.2CH3.Zr/c1-26-12-36(42-23-30-17-31(24-42)19-32(18-30)25-42)40(45)38(13-26)43(10-11-46-2)37-9-4-3-6-33(37)34-7-5-8-35(39(34)44)41-20-27-14-28(21-41)16-29(15-27)22-41;;;/h3-9,12-13,27-32,44-45H,10-11,14-25H2,1-2H3;2*1H3;/q;2*-1;+2. The Balaban J connectivity index is 0.00000139. The summed E-state index contributed by atoms with van der Waals surface area (Å²) in [5, 5.41) is 24.5. The maximum Gasteiger partial charge on any atom is 2.00 e. The van der Waals surface area contributed by atoms with Crippen molar-refractivity contribution in [2.24, 2.45) is 35.5 Å². The quantitative estimate of drug-likeness (QED) is 0.226. The van der Waals surface area contributed by atoms with Crippen LogP contribution < -0.4 is 4.90 Å². The van der Waals surface area contributed by atoms with Crippen molar-refractivity contribution in [2.45, 2.75) is 94.8 Å². The number of phenols is 2. The number of anilines is 2. The van der Waals surface area contributed by atoms with Crippen molar-refractivity contribution in [3.05, 3.63) is 86.1 Å². The Morgan fingerprint density at radius 2 is 1.12 bits per heavy atom. The first-order valence-corrected chi connectivity index (χ1v) is 18.4. The molecular formula is C44H57NO3Zr. The molecule has 8 saturated carbocycles. The first-order chi connectivity index (χ1) is 22.3. The molecule has 0 saturated heterocycles. The molecule has 11 rings (SSSR count). The van der Waals surface area contributed by atoms with Crippen LogP contribution in [0.25, 0.3) is 11.1 Å². The summed E-state index contributed by atoms with van der Waals surface area (Å²) in [6, 6.07) is 19.4. The van der Waals surface area contributed by atoms with Crippen LogP contribution >= 0.6 is 0 Å². The SMILES string of the molecule is COCCN(c1ccccc1-c1cccc(C23CC4CC(CC(C4)C2)C3)c1O)c1cc(C)cc(C23CC4CC(CC(C4)C2)C3)c1O.[CH3-].[CH3-].[Zr+2]. The van der Waals surface area contributed by atoms with E-state index in [1.54, 1.807) is 7.11 Å². The number of aromatic hydroxyl groups is 2. The molecule has 0 unspecified atom stereocenters. The first-order valence-electron chi connectivity index (χ1n) is 18.4. The summed E-state index contributed by atoms with van der Waals surface area (Å²) in [5.41, 5.74) is 7.54. The number of hydrogen-bond acceptors (Lipinski definition) is 4. The number of hydrogen-bond donors (Lipinski definition) is 2. The summed E-state index contributed by atoms with van der Waals surface area (Å²) in [7, 11) is 1.75. The molecule has 8 aliphatic rings. The van der Waals surface area contributed by atoms with Gasteiger partial charge in [-0.1, -0.05) is 42.5 Å². The minimum atomic E-state index is 0. The predicted octanol–water partition coefficient (Wildman–Crippen LogP) is 10.7. The summed E-state index contributed by atoms with van der Waals surface area (Å²) in [4.78, 5) is 2.27. The van der Waals surface area contributed by atoms with Crippen molar-refractivity contribution in [1.82, 2.24) is 0 Å². The van der Waals surface area contributed by atoms with Crippen LogP contribution in [-0.4, -0.2) is 30.5 Å². The fraction of sp³-hybridized carbons (Fsp3) is 0.545. The van der Waals surface area contributed by atoms with E-state index in [2.05, 4.69) is 66.4 Å². The predicted molar refractivity (Wildman–Crippen MR) is 198 cm³/mol. The number of methoxy groups -OCH3 is 1. The van der Waals surface area contributed by atoms with Gasteiger partial charge in [0.15, 0.2) is 0 Å². The van der Waals surface area contributed by atoms with Gasteiger partial charge in [0.05, 0.1) is 12.3 Å². The van der Waals surface area contributed by atoms with E-state index in [9.17, 15) is 10.2 Å². The second kappa shape index (κ2) is 13.8. The van der Waals surface area contributed by atoms with Crippen LogP contribution in [0.15, 0.2) is 54.6 Å². The van der Waals surface area contributed by atoms with Gasteiger partial charge in [-0.25, -0.2) is 0 Å². The number of phenolic OH excluding ortho intramolecular Hbond substituents is 2. The molecule has 2 N–H and O–H groups in total. The summed E-state index contributed by atoms with van der Waals surface area (Å²) < 4.78 is 5.67. The molecule has 8 fully saturated rings. The Morgan fingerprint density at radius 1 is 0.633 bits per heavy atom. The molecule has 0 radical (unpaired) electrons. The van der Waals surface area contributed by atoms with Gasteiger partial charge >= 0.3 is 26.2 Å². The van der Waals surface area contributed by atoms with Crippen molar-refractivity contribution in [1.29, 1.82) is 0 Å². The van der Waals surface area contributed by atoms with E-state index >= 15 is 0 Å². The van der Waals surface area contributed by atoms with Gasteiger partial charge in [0.25, 0.3) is 0 Å². The second-order valence-electron chi connectivity index (χ2n) is 16.9. The minimum absolute atomic E-state index is 0. The normalized spacial score (nSPS) is 33.0. The maximum absolute atomic E-state index is 12.3. The van der Waals surface area contributed by atoms with Gasteiger partial charge in [0.2, 0.25) is 0 Å². The zero-order chi connectivity index (χ0) is 31.2. The smallest absolute Gasteiger partial charge is 0.507 e. The Kier molecular flexibility index (Phi) is 10.3. The van der Waals surface area contributed by atoms with E-state index in [-0.39, 0.29) is 51.9 Å². The molecule has 8 aliphatic carbocycles. The van der Waals surface area contributed by atoms with Crippen LogP contribution in [-0.2, 0) is 41.8 Å². The largest absolute Gasteiger partial charge is 2.00 e. The van der Waals surface area contributed by atoms with Crippen LogP contribution in [0.5, 0.6) is 11.5 Å². The van der Waals surface area contributed by atoms with Crippen LogP contribution in [0.4, 0.5) is 11.4 Å². The Morgan fingerprint density at radius 3 is 1.65 bits per heavy atom. The van der Waals surface area contributed by atoms with Crippen molar-refractivity contribution in [3.8, 4) is 22.6 Å². The number of ether oxygens (including phenoxy) is 1.